The molecule has 3 aromatic heterocycles. The van der Waals surface area contributed by atoms with Crippen molar-refractivity contribution in [1.82, 2.24) is 19.5 Å². The molecule has 1 aromatic carbocycles. The lowest BCUT2D eigenvalue weighted by Crippen LogP contribution is -2.35. The number of nitrogens with zero attached hydrogens (tertiary/aromatic N) is 4. The number of likely N-dealkylation sites (tertiary alicyclic amines) is 1. The van der Waals surface area contributed by atoms with Crippen LogP contribution in [-0.4, -0.2) is 51.0 Å². The second-order valence-corrected chi connectivity index (χ2v) is 8.81. The summed E-state index contributed by atoms with van der Waals surface area (Å²) in [5.41, 5.74) is 3.38. The number of amides is 2. The highest BCUT2D eigenvalue weighted by Gasteiger charge is 2.22. The predicted molar refractivity (Wildman–Crippen MR) is 134 cm³/mol. The summed E-state index contributed by atoms with van der Waals surface area (Å²) < 4.78 is 7.24. The maximum Gasteiger partial charge on any atom is 0.262 e. The normalized spacial score (nSPS) is 13.6. The van der Waals surface area contributed by atoms with Gasteiger partial charge in [0.15, 0.2) is 6.61 Å². The molecule has 0 bridgehead atoms. The van der Waals surface area contributed by atoms with Crippen molar-refractivity contribution in [2.24, 2.45) is 0 Å². The molecule has 5 rings (SSSR count). The van der Waals surface area contributed by atoms with Gasteiger partial charge in [0, 0.05) is 29.9 Å². The number of aromatic nitrogens is 3. The van der Waals surface area contributed by atoms with Crippen LogP contribution in [0.4, 0.5) is 5.69 Å². The molecule has 1 N–H and O–H groups in total. The highest BCUT2D eigenvalue weighted by Crippen LogP contribution is 2.25. The number of fused-ring (bicyclic) bond motifs is 1. The van der Waals surface area contributed by atoms with Gasteiger partial charge >= 0.3 is 0 Å². The number of nitrogens with one attached hydrogen (secondary N) is 1. The Morgan fingerprint density at radius 2 is 1.80 bits per heavy atom. The topological polar surface area (TPSA) is 88.8 Å². The first-order valence-corrected chi connectivity index (χ1v) is 11.9. The van der Waals surface area contributed by atoms with Crippen LogP contribution in [0.15, 0.2) is 67.1 Å². The summed E-state index contributed by atoms with van der Waals surface area (Å²) in [5.74, 6) is 0.249. The molecular formula is C26H24ClN5O3. The smallest absolute Gasteiger partial charge is 0.262 e. The Kier molecular flexibility index (Phi) is 6.63. The number of piperidine rings is 1. The van der Waals surface area contributed by atoms with Gasteiger partial charge < -0.3 is 15.0 Å². The third-order valence-corrected chi connectivity index (χ3v) is 6.17. The average Bonchev–Trinajstić information content (AvgIpc) is 3.33. The van der Waals surface area contributed by atoms with Crippen LogP contribution in [0.1, 0.15) is 29.6 Å². The molecule has 0 aliphatic carbocycles. The number of benzene rings is 1. The van der Waals surface area contributed by atoms with Gasteiger partial charge in [-0.05, 0) is 61.7 Å². The van der Waals surface area contributed by atoms with Crippen molar-refractivity contribution < 1.29 is 14.3 Å². The molecule has 4 aromatic rings. The fraction of sp³-hybridized carbons (Fsp3) is 0.231. The van der Waals surface area contributed by atoms with Crippen LogP contribution in [0, 0.1) is 0 Å². The van der Waals surface area contributed by atoms with E-state index >= 15 is 0 Å². The van der Waals surface area contributed by atoms with Crippen molar-refractivity contribution in [3.05, 3.63) is 77.7 Å². The number of rotatable bonds is 6. The van der Waals surface area contributed by atoms with E-state index in [4.69, 9.17) is 16.3 Å². The van der Waals surface area contributed by atoms with E-state index < -0.39 is 0 Å². The molecule has 9 heteroatoms. The summed E-state index contributed by atoms with van der Waals surface area (Å²) in [4.78, 5) is 31.6. The summed E-state index contributed by atoms with van der Waals surface area (Å²) in [6.07, 6.45) is 8.12. The minimum atomic E-state index is -0.314. The molecule has 0 saturated carbocycles. The second kappa shape index (κ2) is 10.1. The minimum Gasteiger partial charge on any atom is -0.484 e. The largest absolute Gasteiger partial charge is 0.484 e. The van der Waals surface area contributed by atoms with Crippen LogP contribution in [0.3, 0.4) is 0 Å². The Bertz CT molecular complexity index is 1360. The molecule has 8 nitrogen and oxygen atoms in total. The van der Waals surface area contributed by atoms with E-state index in [0.29, 0.717) is 22.0 Å². The number of carbonyl (C=O) groups excluding carboxylic acids is 2. The quantitative estimate of drug-likeness (QED) is 0.424. The standard InChI is InChI=1S/C26H24ClN5O3/c27-19-7-9-21(10-8-19)35-17-25(33)30-20-13-18(14-28-15-20)23-5-4-6-24-22(16-29-32(23)24)26(34)31-11-2-1-3-12-31/h4-10,13-16H,1-3,11-12,17H2,(H,30,33). The molecular weight excluding hydrogens is 466 g/mol. The molecule has 0 spiro atoms. The van der Waals surface area contributed by atoms with E-state index in [9.17, 15) is 9.59 Å². The third-order valence-electron chi connectivity index (χ3n) is 5.92. The second-order valence-electron chi connectivity index (χ2n) is 8.37. The van der Waals surface area contributed by atoms with Crippen LogP contribution in [0.2, 0.25) is 5.02 Å². The van der Waals surface area contributed by atoms with Gasteiger partial charge in [-0.3, -0.25) is 14.6 Å². The Morgan fingerprint density at radius 3 is 2.60 bits per heavy atom. The maximum atomic E-state index is 13.1. The molecule has 178 valence electrons. The number of anilines is 1. The van der Waals surface area contributed by atoms with E-state index in [2.05, 4.69) is 15.4 Å². The molecule has 1 saturated heterocycles. The van der Waals surface area contributed by atoms with Crippen molar-refractivity contribution >= 4 is 34.6 Å². The molecule has 1 aliphatic rings. The van der Waals surface area contributed by atoms with Crippen LogP contribution >= 0.6 is 11.6 Å². The monoisotopic (exact) mass is 489 g/mol. The number of halogens is 1. The van der Waals surface area contributed by atoms with Crippen molar-refractivity contribution in [1.29, 1.82) is 0 Å². The number of ether oxygens (including phenoxy) is 1. The number of carbonyl (C=O) groups is 2. The van der Waals surface area contributed by atoms with Gasteiger partial charge in [-0.2, -0.15) is 5.10 Å². The summed E-state index contributed by atoms with van der Waals surface area (Å²) >= 11 is 5.87. The van der Waals surface area contributed by atoms with Gasteiger partial charge in [0.2, 0.25) is 0 Å². The first kappa shape index (κ1) is 22.9. The van der Waals surface area contributed by atoms with Gasteiger partial charge in [0.05, 0.1) is 34.9 Å². The molecule has 2 amide bonds. The molecule has 0 unspecified atom stereocenters. The molecule has 4 heterocycles. The zero-order valence-corrected chi connectivity index (χ0v) is 19.7. The van der Waals surface area contributed by atoms with Gasteiger partial charge in [0.25, 0.3) is 11.8 Å². The van der Waals surface area contributed by atoms with Crippen LogP contribution < -0.4 is 10.1 Å². The van der Waals surface area contributed by atoms with Crippen LogP contribution in [0.25, 0.3) is 16.8 Å². The van der Waals surface area contributed by atoms with Gasteiger partial charge in [-0.25, -0.2) is 4.52 Å². The fourth-order valence-electron chi connectivity index (χ4n) is 4.19. The highest BCUT2D eigenvalue weighted by atomic mass is 35.5. The third kappa shape index (κ3) is 5.12. The van der Waals surface area contributed by atoms with E-state index in [-0.39, 0.29) is 18.4 Å². The molecule has 1 fully saturated rings. The van der Waals surface area contributed by atoms with E-state index in [1.165, 1.54) is 0 Å². The predicted octanol–water partition coefficient (Wildman–Crippen LogP) is 4.69. The molecule has 1 aliphatic heterocycles. The number of hydrogen-bond donors (Lipinski definition) is 1. The summed E-state index contributed by atoms with van der Waals surface area (Å²) in [6.45, 7) is 1.41. The Hall–Kier alpha value is -3.91. The molecule has 0 atom stereocenters. The van der Waals surface area contributed by atoms with E-state index in [1.54, 1.807) is 47.4 Å². The molecule has 35 heavy (non-hydrogen) atoms. The highest BCUT2D eigenvalue weighted by molar-refractivity contribution is 6.30. The minimum absolute atomic E-state index is 0.0108. The van der Waals surface area contributed by atoms with Gasteiger partial charge in [-0.1, -0.05) is 17.7 Å². The lowest BCUT2D eigenvalue weighted by Gasteiger charge is -2.26. The van der Waals surface area contributed by atoms with Crippen molar-refractivity contribution in [2.75, 3.05) is 25.0 Å². The Labute approximate surface area is 207 Å². The average molecular weight is 490 g/mol. The van der Waals surface area contributed by atoms with Crippen molar-refractivity contribution in [3.63, 3.8) is 0 Å². The Balaban J connectivity index is 1.33. The Morgan fingerprint density at radius 1 is 1.00 bits per heavy atom. The fourth-order valence-corrected chi connectivity index (χ4v) is 4.31. The number of hydrogen-bond acceptors (Lipinski definition) is 5. The van der Waals surface area contributed by atoms with E-state index in [0.717, 1.165) is 49.1 Å². The maximum absolute atomic E-state index is 13.1. The first-order valence-electron chi connectivity index (χ1n) is 11.5. The first-order chi connectivity index (χ1) is 17.1. The van der Waals surface area contributed by atoms with Crippen molar-refractivity contribution in [3.8, 4) is 17.0 Å². The van der Waals surface area contributed by atoms with Gasteiger partial charge in [-0.15, -0.1) is 0 Å². The van der Waals surface area contributed by atoms with Crippen LogP contribution in [0.5, 0.6) is 5.75 Å². The molecule has 0 radical (unpaired) electrons. The summed E-state index contributed by atoms with van der Waals surface area (Å²) in [6, 6.07) is 14.3. The zero-order valence-electron chi connectivity index (χ0n) is 19.0. The van der Waals surface area contributed by atoms with Gasteiger partial charge in [0.1, 0.15) is 5.75 Å². The van der Waals surface area contributed by atoms with Crippen LogP contribution in [-0.2, 0) is 4.79 Å². The number of pyridine rings is 2. The lowest BCUT2D eigenvalue weighted by atomic mass is 10.1. The summed E-state index contributed by atoms with van der Waals surface area (Å²) in [5, 5.41) is 7.90. The lowest BCUT2D eigenvalue weighted by molar-refractivity contribution is -0.118. The van der Waals surface area contributed by atoms with Crippen molar-refractivity contribution in [2.45, 2.75) is 19.3 Å². The zero-order chi connectivity index (χ0) is 24.2. The SMILES string of the molecule is O=C(COc1ccc(Cl)cc1)Nc1cncc(-c2cccc3c(C(=O)N4CCCCC4)cnn23)c1. The summed E-state index contributed by atoms with van der Waals surface area (Å²) in [7, 11) is 0. The van der Waals surface area contributed by atoms with E-state index in [1.807, 2.05) is 29.2 Å².